The van der Waals surface area contributed by atoms with Crippen LogP contribution in [-0.4, -0.2) is 69.8 Å². The number of anilines is 1. The van der Waals surface area contributed by atoms with E-state index in [-0.39, 0.29) is 59.0 Å². The fourth-order valence-electron chi connectivity index (χ4n) is 5.45. The zero-order valence-corrected chi connectivity index (χ0v) is 25.4. The number of para-hydroxylation sites is 1. The van der Waals surface area contributed by atoms with Crippen LogP contribution in [0.25, 0.3) is 28.0 Å². The number of pyridine rings is 1. The van der Waals surface area contributed by atoms with E-state index in [0.29, 0.717) is 5.56 Å². The van der Waals surface area contributed by atoms with Crippen molar-refractivity contribution < 1.29 is 27.1 Å². The van der Waals surface area contributed by atoms with Crippen LogP contribution in [0.2, 0.25) is 0 Å². The number of hydrogen-bond acceptors (Lipinski definition) is 8. The van der Waals surface area contributed by atoms with Gasteiger partial charge in [0, 0.05) is 25.7 Å². The van der Waals surface area contributed by atoms with Crippen molar-refractivity contribution in [1.82, 2.24) is 19.4 Å². The molecule has 1 saturated heterocycles. The lowest BCUT2D eigenvalue weighted by molar-refractivity contribution is -0.126. The summed E-state index contributed by atoms with van der Waals surface area (Å²) in [5.41, 5.74) is -1.81. The van der Waals surface area contributed by atoms with Crippen LogP contribution in [0.3, 0.4) is 0 Å². The van der Waals surface area contributed by atoms with Crippen molar-refractivity contribution in [2.75, 3.05) is 24.5 Å². The summed E-state index contributed by atoms with van der Waals surface area (Å²) in [5.74, 6) is -2.72. The number of piperazine rings is 1. The molecule has 0 saturated carbocycles. The largest absolute Gasteiger partial charge is 0.507 e. The molecule has 1 fully saturated rings. The van der Waals surface area contributed by atoms with Gasteiger partial charge in [-0.25, -0.2) is 31.5 Å². The third-order valence-corrected chi connectivity index (χ3v) is 9.95. The van der Waals surface area contributed by atoms with E-state index in [9.17, 15) is 27.5 Å². The second-order valence-electron chi connectivity index (χ2n) is 10.9. The maximum absolute atomic E-state index is 15.9. The molecular weight excluding hydrogens is 592 g/mol. The SMILES string of the molecule is C=CC(=O)N1CCN(c2nc(=O)n(-c3c(C)cccc3S(=O)(=O)C(C)C)c3nc(-c4c(O)cccc4F)c(F)cc23)[C@@H](C)C1. The number of phenols is 1. The van der Waals surface area contributed by atoms with Crippen LogP contribution in [0.1, 0.15) is 26.3 Å². The van der Waals surface area contributed by atoms with E-state index in [0.717, 1.165) is 16.7 Å². The summed E-state index contributed by atoms with van der Waals surface area (Å²) >= 11 is 0. The number of carbonyl (C=O) groups is 1. The molecule has 1 atom stereocenters. The van der Waals surface area contributed by atoms with Gasteiger partial charge in [0.05, 0.1) is 26.8 Å². The molecule has 1 aliphatic heterocycles. The lowest BCUT2D eigenvalue weighted by Gasteiger charge is -2.40. The third-order valence-electron chi connectivity index (χ3n) is 7.77. The number of aromatic hydroxyl groups is 1. The van der Waals surface area contributed by atoms with Gasteiger partial charge in [-0.2, -0.15) is 4.98 Å². The van der Waals surface area contributed by atoms with Crippen molar-refractivity contribution in [3.63, 3.8) is 0 Å². The summed E-state index contributed by atoms with van der Waals surface area (Å²) < 4.78 is 58.8. The van der Waals surface area contributed by atoms with E-state index in [1.807, 2.05) is 6.92 Å². The van der Waals surface area contributed by atoms with Crippen molar-refractivity contribution in [3.05, 3.63) is 82.8 Å². The van der Waals surface area contributed by atoms with Crippen LogP contribution in [0.4, 0.5) is 14.6 Å². The van der Waals surface area contributed by atoms with Crippen LogP contribution in [0.15, 0.2) is 64.8 Å². The highest BCUT2D eigenvalue weighted by atomic mass is 32.2. The Morgan fingerprint density at radius 3 is 2.45 bits per heavy atom. The quantitative estimate of drug-likeness (QED) is 0.318. The molecule has 0 aliphatic carbocycles. The normalized spacial score (nSPS) is 15.7. The number of sulfone groups is 1. The number of rotatable bonds is 6. The highest BCUT2D eigenvalue weighted by Gasteiger charge is 2.32. The van der Waals surface area contributed by atoms with E-state index in [4.69, 9.17) is 0 Å². The van der Waals surface area contributed by atoms with Gasteiger partial charge >= 0.3 is 5.69 Å². The van der Waals surface area contributed by atoms with Gasteiger partial charge in [-0.15, -0.1) is 0 Å². The average Bonchev–Trinajstić information content (AvgIpc) is 2.97. The first-order valence-electron chi connectivity index (χ1n) is 13.9. The lowest BCUT2D eigenvalue weighted by atomic mass is 10.1. The first kappa shape index (κ1) is 30.8. The van der Waals surface area contributed by atoms with E-state index < -0.39 is 49.4 Å². The van der Waals surface area contributed by atoms with Gasteiger partial charge in [0.15, 0.2) is 21.3 Å². The molecule has 0 spiro atoms. The Balaban J connectivity index is 1.87. The van der Waals surface area contributed by atoms with Gasteiger partial charge < -0.3 is 14.9 Å². The number of amides is 1. The molecule has 0 radical (unpaired) electrons. The monoisotopic (exact) mass is 623 g/mol. The molecule has 2 aromatic carbocycles. The van der Waals surface area contributed by atoms with Crippen LogP contribution in [-0.2, 0) is 14.6 Å². The molecule has 44 heavy (non-hydrogen) atoms. The molecule has 0 unspecified atom stereocenters. The summed E-state index contributed by atoms with van der Waals surface area (Å²) in [5, 5.41) is 9.67. The topological polar surface area (TPSA) is 126 Å². The maximum Gasteiger partial charge on any atom is 0.355 e. The molecule has 230 valence electrons. The molecule has 3 heterocycles. The van der Waals surface area contributed by atoms with Gasteiger partial charge in [-0.05, 0) is 63.6 Å². The average molecular weight is 624 g/mol. The van der Waals surface area contributed by atoms with Crippen molar-refractivity contribution in [1.29, 1.82) is 0 Å². The predicted octanol–water partition coefficient (Wildman–Crippen LogP) is 4.15. The standard InChI is InChI=1S/C31H31F2N5O5S/c1-6-25(40)36-13-14-37(19(5)16-36)29-20-15-22(33)27(26-21(32)10-8-11-23(26)39)34-30(20)38(31(41)35-29)28-18(4)9-7-12-24(28)44(42,43)17(2)3/h6-12,15,17,19,39H,1,13-14,16H2,2-5H3/t19-/m0/s1. The molecule has 5 rings (SSSR count). The summed E-state index contributed by atoms with van der Waals surface area (Å²) in [6, 6.07) is 8.67. The molecule has 13 heteroatoms. The van der Waals surface area contributed by atoms with E-state index in [1.54, 1.807) is 28.9 Å². The van der Waals surface area contributed by atoms with Crippen LogP contribution >= 0.6 is 0 Å². The number of phenolic OH excluding ortho intramolecular Hbond substituents is 1. The summed E-state index contributed by atoms with van der Waals surface area (Å²) in [7, 11) is -3.95. The Morgan fingerprint density at radius 1 is 1.11 bits per heavy atom. The molecule has 4 aromatic rings. The van der Waals surface area contributed by atoms with E-state index >= 15 is 4.39 Å². The molecular formula is C31H31F2N5O5S. The minimum absolute atomic E-state index is 0.0208. The smallest absolute Gasteiger partial charge is 0.355 e. The van der Waals surface area contributed by atoms with Crippen molar-refractivity contribution in [2.45, 2.75) is 43.9 Å². The van der Waals surface area contributed by atoms with Gasteiger partial charge in [-0.1, -0.05) is 24.8 Å². The van der Waals surface area contributed by atoms with E-state index in [1.165, 1.54) is 38.1 Å². The Labute approximate surface area is 252 Å². The number of hydrogen-bond donors (Lipinski definition) is 1. The van der Waals surface area contributed by atoms with Crippen molar-refractivity contribution in [2.24, 2.45) is 0 Å². The highest BCUT2D eigenvalue weighted by molar-refractivity contribution is 7.92. The molecule has 2 aromatic heterocycles. The zero-order chi connectivity index (χ0) is 32.1. The number of benzene rings is 2. The number of carbonyl (C=O) groups excluding carboxylic acids is 1. The van der Waals surface area contributed by atoms with Gasteiger partial charge in [0.2, 0.25) is 5.91 Å². The van der Waals surface area contributed by atoms with Crippen molar-refractivity contribution in [3.8, 4) is 22.7 Å². The van der Waals surface area contributed by atoms with Crippen LogP contribution in [0.5, 0.6) is 5.75 Å². The van der Waals surface area contributed by atoms with Crippen LogP contribution in [0, 0.1) is 18.6 Å². The number of aryl methyl sites for hydroxylation is 1. The predicted molar refractivity (Wildman–Crippen MR) is 163 cm³/mol. The summed E-state index contributed by atoms with van der Waals surface area (Å²) in [4.78, 5) is 38.1. The fourth-order valence-corrected chi connectivity index (χ4v) is 6.75. The highest BCUT2D eigenvalue weighted by Crippen LogP contribution is 2.37. The second-order valence-corrected chi connectivity index (χ2v) is 13.4. The third kappa shape index (κ3) is 5.10. The minimum atomic E-state index is -3.95. The molecule has 0 bridgehead atoms. The fraction of sp³-hybridized carbons (Fsp3) is 0.290. The zero-order valence-electron chi connectivity index (χ0n) is 24.6. The molecule has 10 nitrogen and oxygen atoms in total. The summed E-state index contributed by atoms with van der Waals surface area (Å²) in [6.45, 7) is 10.7. The Bertz CT molecular complexity index is 1970. The van der Waals surface area contributed by atoms with Gasteiger partial charge in [0.1, 0.15) is 23.1 Å². The number of aromatic nitrogens is 3. The van der Waals surface area contributed by atoms with Crippen LogP contribution < -0.4 is 10.6 Å². The Hall–Kier alpha value is -4.65. The maximum atomic E-state index is 15.9. The lowest BCUT2D eigenvalue weighted by Crippen LogP contribution is -2.54. The number of fused-ring (bicyclic) bond motifs is 1. The number of halogens is 2. The van der Waals surface area contributed by atoms with Crippen molar-refractivity contribution >= 4 is 32.6 Å². The summed E-state index contributed by atoms with van der Waals surface area (Å²) in [6.07, 6.45) is 1.21. The first-order valence-corrected chi connectivity index (χ1v) is 15.5. The molecule has 1 N–H and O–H groups in total. The van der Waals surface area contributed by atoms with Gasteiger partial charge in [0.25, 0.3) is 0 Å². The van der Waals surface area contributed by atoms with E-state index in [2.05, 4.69) is 16.5 Å². The first-order chi connectivity index (χ1) is 20.8. The Morgan fingerprint density at radius 2 is 1.82 bits per heavy atom. The second kappa shape index (κ2) is 11.5. The number of nitrogens with zero attached hydrogens (tertiary/aromatic N) is 5. The molecule has 1 amide bonds. The minimum Gasteiger partial charge on any atom is -0.507 e. The molecule has 1 aliphatic rings. The Kier molecular flexibility index (Phi) is 8.02. The van der Waals surface area contributed by atoms with Gasteiger partial charge in [-0.3, -0.25) is 4.79 Å².